The summed E-state index contributed by atoms with van der Waals surface area (Å²) in [6, 6.07) is 11.1. The molecule has 10 heteroatoms. The molecule has 1 atom stereocenters. The van der Waals surface area contributed by atoms with Crippen LogP contribution in [0.5, 0.6) is 0 Å². The summed E-state index contributed by atoms with van der Waals surface area (Å²) in [4.78, 5) is 34.0. The zero-order chi connectivity index (χ0) is 27.7. The van der Waals surface area contributed by atoms with Crippen molar-refractivity contribution in [2.45, 2.75) is 57.3 Å². The molecule has 2 aliphatic carbocycles. The number of anilines is 2. The predicted molar refractivity (Wildman–Crippen MR) is 148 cm³/mol. The van der Waals surface area contributed by atoms with Crippen LogP contribution in [0.25, 0.3) is 22.0 Å². The molecule has 6 rings (SSSR count). The van der Waals surface area contributed by atoms with Gasteiger partial charge in [0.2, 0.25) is 11.8 Å². The van der Waals surface area contributed by atoms with Gasteiger partial charge in [-0.3, -0.25) is 24.7 Å². The number of halogens is 2. The summed E-state index contributed by atoms with van der Waals surface area (Å²) in [7, 11) is 0. The molecular formula is C30H30F2N6O2. The van der Waals surface area contributed by atoms with E-state index in [-0.39, 0.29) is 42.2 Å². The molecule has 2 saturated carbocycles. The quantitative estimate of drug-likeness (QED) is 0.234. The molecule has 206 valence electrons. The van der Waals surface area contributed by atoms with Gasteiger partial charge in [-0.2, -0.15) is 5.10 Å². The van der Waals surface area contributed by atoms with E-state index in [2.05, 4.69) is 30.8 Å². The van der Waals surface area contributed by atoms with Crippen LogP contribution in [0, 0.1) is 11.8 Å². The number of alkyl halides is 2. The Morgan fingerprint density at radius 2 is 1.80 bits per heavy atom. The summed E-state index contributed by atoms with van der Waals surface area (Å²) in [5, 5.41) is 13.6. The number of hydrogen-bond acceptors (Lipinski definition) is 5. The fourth-order valence-electron chi connectivity index (χ4n) is 5.27. The lowest BCUT2D eigenvalue weighted by Crippen LogP contribution is -2.14. The highest BCUT2D eigenvalue weighted by Crippen LogP contribution is 2.35. The Morgan fingerprint density at radius 1 is 0.925 bits per heavy atom. The second kappa shape index (κ2) is 10.7. The zero-order valence-corrected chi connectivity index (χ0v) is 21.9. The van der Waals surface area contributed by atoms with E-state index >= 15 is 0 Å². The number of aromatic nitrogens is 4. The molecule has 0 bridgehead atoms. The van der Waals surface area contributed by atoms with Crippen molar-refractivity contribution >= 4 is 34.1 Å². The van der Waals surface area contributed by atoms with Crippen LogP contribution in [0.1, 0.15) is 61.1 Å². The van der Waals surface area contributed by atoms with Gasteiger partial charge in [0, 0.05) is 41.6 Å². The molecule has 3 N–H and O–H groups in total. The maximum atomic E-state index is 13.7. The van der Waals surface area contributed by atoms with Crippen LogP contribution in [-0.2, 0) is 11.2 Å². The van der Waals surface area contributed by atoms with Crippen LogP contribution in [-0.4, -0.2) is 37.9 Å². The standard InChI is InChI=1S/C30H30F2N6O2/c31-30(32)10-1-2-18(9-11-30)12-22-6-7-23(17-34-22)35-29(40)27-25-14-20(5-8-26(25)37-38-27)21-13-24(16-33-15-21)36-28(39)19-3-4-19/h5-8,13-19H,1-4,9-12H2,(H,35,40)(H,36,39)(H,37,38). The SMILES string of the molecule is O=C(Nc1ccc(CC2CCCC(F)(F)CC2)nc1)c1n[nH]c2ccc(-c3cncc(NC(=O)C4CC4)c3)cc12. The van der Waals surface area contributed by atoms with Crippen molar-refractivity contribution in [1.29, 1.82) is 0 Å². The summed E-state index contributed by atoms with van der Waals surface area (Å²) in [6.07, 6.45) is 9.12. The first-order chi connectivity index (χ1) is 19.3. The summed E-state index contributed by atoms with van der Waals surface area (Å²) >= 11 is 0. The Bertz CT molecular complexity index is 1550. The van der Waals surface area contributed by atoms with Crippen LogP contribution in [0.3, 0.4) is 0 Å². The molecule has 3 heterocycles. The molecule has 0 spiro atoms. The number of amides is 2. The zero-order valence-electron chi connectivity index (χ0n) is 21.9. The topological polar surface area (TPSA) is 113 Å². The summed E-state index contributed by atoms with van der Waals surface area (Å²) in [6.45, 7) is 0. The van der Waals surface area contributed by atoms with Crippen LogP contribution >= 0.6 is 0 Å². The maximum Gasteiger partial charge on any atom is 0.276 e. The van der Waals surface area contributed by atoms with Crippen molar-refractivity contribution in [3.8, 4) is 11.1 Å². The van der Waals surface area contributed by atoms with E-state index in [9.17, 15) is 18.4 Å². The average molecular weight is 545 g/mol. The molecule has 1 aromatic carbocycles. The van der Waals surface area contributed by atoms with E-state index in [1.807, 2.05) is 30.3 Å². The van der Waals surface area contributed by atoms with E-state index in [1.165, 1.54) is 0 Å². The van der Waals surface area contributed by atoms with Gasteiger partial charge in [-0.05, 0) is 80.3 Å². The first kappa shape index (κ1) is 26.0. The molecule has 0 aliphatic heterocycles. The van der Waals surface area contributed by atoms with Crippen molar-refractivity contribution in [1.82, 2.24) is 20.2 Å². The van der Waals surface area contributed by atoms with E-state index in [1.54, 1.807) is 24.7 Å². The highest BCUT2D eigenvalue weighted by atomic mass is 19.3. The number of carbonyl (C=O) groups is 2. The fraction of sp³-hybridized carbons (Fsp3) is 0.367. The minimum absolute atomic E-state index is 0.0137. The molecule has 0 radical (unpaired) electrons. The lowest BCUT2D eigenvalue weighted by atomic mass is 9.94. The fourth-order valence-corrected chi connectivity index (χ4v) is 5.27. The summed E-state index contributed by atoms with van der Waals surface area (Å²) in [5.41, 5.74) is 4.58. The van der Waals surface area contributed by atoms with E-state index < -0.39 is 5.92 Å². The van der Waals surface area contributed by atoms with Crippen LogP contribution < -0.4 is 10.6 Å². The second-order valence-electron chi connectivity index (χ2n) is 10.9. The van der Waals surface area contributed by atoms with Gasteiger partial charge in [0.15, 0.2) is 5.69 Å². The van der Waals surface area contributed by atoms with Crippen molar-refractivity contribution in [3.63, 3.8) is 0 Å². The van der Waals surface area contributed by atoms with Crippen molar-refractivity contribution in [2.75, 3.05) is 10.6 Å². The highest BCUT2D eigenvalue weighted by molar-refractivity contribution is 6.11. The third-order valence-electron chi connectivity index (χ3n) is 7.72. The Balaban J connectivity index is 1.14. The minimum atomic E-state index is -2.55. The number of rotatable bonds is 7. The number of pyridine rings is 2. The van der Waals surface area contributed by atoms with E-state index in [4.69, 9.17) is 0 Å². The van der Waals surface area contributed by atoms with Gasteiger partial charge in [0.25, 0.3) is 5.91 Å². The number of carbonyl (C=O) groups excluding carboxylic acids is 2. The van der Waals surface area contributed by atoms with Crippen LogP contribution in [0.4, 0.5) is 20.2 Å². The Hall–Kier alpha value is -4.21. The molecule has 2 amide bonds. The molecule has 0 saturated heterocycles. The molecule has 1 unspecified atom stereocenters. The predicted octanol–water partition coefficient (Wildman–Crippen LogP) is 6.38. The number of fused-ring (bicyclic) bond motifs is 1. The first-order valence-corrected chi connectivity index (χ1v) is 13.7. The smallest absolute Gasteiger partial charge is 0.276 e. The Labute approximate surface area is 230 Å². The largest absolute Gasteiger partial charge is 0.324 e. The minimum Gasteiger partial charge on any atom is -0.324 e. The molecule has 3 aromatic heterocycles. The van der Waals surface area contributed by atoms with Gasteiger partial charge < -0.3 is 10.6 Å². The maximum absolute atomic E-state index is 13.7. The number of hydrogen-bond donors (Lipinski definition) is 3. The second-order valence-corrected chi connectivity index (χ2v) is 10.9. The van der Waals surface area contributed by atoms with Crippen molar-refractivity contribution in [2.24, 2.45) is 11.8 Å². The van der Waals surface area contributed by atoms with Crippen molar-refractivity contribution < 1.29 is 18.4 Å². The number of H-pyrrole nitrogens is 1. The number of nitrogens with zero attached hydrogens (tertiary/aromatic N) is 3. The average Bonchev–Trinajstić information content (AvgIpc) is 3.74. The van der Waals surface area contributed by atoms with Gasteiger partial charge in [0.05, 0.1) is 29.3 Å². The molecule has 2 fully saturated rings. The summed E-state index contributed by atoms with van der Waals surface area (Å²) in [5.74, 6) is -2.64. The number of benzene rings is 1. The van der Waals surface area contributed by atoms with E-state index in [0.29, 0.717) is 41.5 Å². The molecule has 40 heavy (non-hydrogen) atoms. The Morgan fingerprint density at radius 3 is 2.60 bits per heavy atom. The summed E-state index contributed by atoms with van der Waals surface area (Å²) < 4.78 is 27.4. The lowest BCUT2D eigenvalue weighted by Gasteiger charge is -2.14. The first-order valence-electron chi connectivity index (χ1n) is 13.7. The van der Waals surface area contributed by atoms with Crippen LogP contribution in [0.2, 0.25) is 0 Å². The van der Waals surface area contributed by atoms with Gasteiger partial charge in [-0.1, -0.05) is 6.07 Å². The normalized spacial score (nSPS) is 18.7. The molecule has 4 aromatic rings. The van der Waals surface area contributed by atoms with E-state index in [0.717, 1.165) is 36.1 Å². The van der Waals surface area contributed by atoms with Gasteiger partial charge >= 0.3 is 0 Å². The highest BCUT2D eigenvalue weighted by Gasteiger charge is 2.32. The van der Waals surface area contributed by atoms with Gasteiger partial charge in [0.1, 0.15) is 0 Å². The molecule has 2 aliphatic rings. The van der Waals surface area contributed by atoms with Crippen molar-refractivity contribution in [3.05, 3.63) is 66.4 Å². The molecular weight excluding hydrogens is 514 g/mol. The number of nitrogens with one attached hydrogen (secondary N) is 3. The lowest BCUT2D eigenvalue weighted by molar-refractivity contribution is -0.117. The third-order valence-corrected chi connectivity index (χ3v) is 7.72. The van der Waals surface area contributed by atoms with Gasteiger partial charge in [-0.25, -0.2) is 8.78 Å². The third kappa shape index (κ3) is 6.00. The monoisotopic (exact) mass is 544 g/mol. The van der Waals surface area contributed by atoms with Crippen LogP contribution in [0.15, 0.2) is 55.0 Å². The van der Waals surface area contributed by atoms with Gasteiger partial charge in [-0.15, -0.1) is 0 Å². The molecule has 8 nitrogen and oxygen atoms in total. The number of aromatic amines is 1. The Kier molecular flexibility index (Phi) is 7.00.